The molecule has 62 valence electrons. The highest BCUT2D eigenvalue weighted by molar-refractivity contribution is 7.88. The van der Waals surface area contributed by atoms with Crippen molar-refractivity contribution in [1.82, 2.24) is 4.47 Å². The number of hydrogen-bond donors (Lipinski definition) is 0. The van der Waals surface area contributed by atoms with Crippen LogP contribution in [0.1, 0.15) is 0 Å². The Hall–Kier alpha value is -0.170. The third-order valence-corrected chi connectivity index (χ3v) is 1.86. The fourth-order valence-corrected chi connectivity index (χ4v) is 0.457. The van der Waals surface area contributed by atoms with E-state index in [-0.39, 0.29) is 6.79 Å². The molecule has 0 N–H and O–H groups in total. The van der Waals surface area contributed by atoms with Crippen molar-refractivity contribution in [3.05, 3.63) is 0 Å². The van der Waals surface area contributed by atoms with Crippen LogP contribution in [-0.2, 0) is 19.6 Å². The van der Waals surface area contributed by atoms with Crippen LogP contribution in [0.15, 0.2) is 0 Å². The number of ether oxygens (including phenoxy) is 1. The van der Waals surface area contributed by atoms with Crippen molar-refractivity contribution in [2.24, 2.45) is 0 Å². The summed E-state index contributed by atoms with van der Waals surface area (Å²) in [6.07, 6.45) is 1.04. The van der Waals surface area contributed by atoms with Crippen LogP contribution in [-0.4, -0.2) is 40.1 Å². The predicted octanol–water partition coefficient (Wildman–Crippen LogP) is -0.587. The quantitative estimate of drug-likeness (QED) is 0.417. The van der Waals surface area contributed by atoms with E-state index < -0.39 is 10.0 Å². The standard InChI is InChI=1S/C4H11NO4S/c1-5(9-4-8-2)10(3,6)7/h4H2,1-3H3. The molecule has 0 aromatic rings. The predicted molar refractivity (Wildman–Crippen MR) is 35.6 cm³/mol. The Kier molecular flexibility index (Phi) is 3.80. The number of hydrogen-bond acceptors (Lipinski definition) is 4. The minimum atomic E-state index is -3.24. The average Bonchev–Trinajstić information content (AvgIpc) is 1.80. The third kappa shape index (κ3) is 3.78. The van der Waals surface area contributed by atoms with Gasteiger partial charge in [0.25, 0.3) is 0 Å². The first-order chi connectivity index (χ1) is 4.48. The minimum absolute atomic E-state index is 0.0659. The van der Waals surface area contributed by atoms with Crippen LogP contribution in [0.2, 0.25) is 0 Å². The van der Waals surface area contributed by atoms with Gasteiger partial charge >= 0.3 is 0 Å². The molecule has 0 aromatic heterocycles. The van der Waals surface area contributed by atoms with Crippen molar-refractivity contribution >= 4 is 10.0 Å². The Balaban J connectivity index is 3.75. The van der Waals surface area contributed by atoms with E-state index in [0.29, 0.717) is 0 Å². The van der Waals surface area contributed by atoms with Gasteiger partial charge in [0.2, 0.25) is 10.0 Å². The smallest absolute Gasteiger partial charge is 0.232 e. The molecule has 0 fully saturated rings. The van der Waals surface area contributed by atoms with Gasteiger partial charge in [-0.2, -0.15) is 0 Å². The first kappa shape index (κ1) is 9.83. The van der Waals surface area contributed by atoms with E-state index in [9.17, 15) is 8.42 Å². The van der Waals surface area contributed by atoms with E-state index in [1.54, 1.807) is 0 Å². The molecule has 0 atom stereocenters. The second-order valence-electron chi connectivity index (χ2n) is 1.71. The summed E-state index contributed by atoms with van der Waals surface area (Å²) in [7, 11) is -0.531. The van der Waals surface area contributed by atoms with Gasteiger partial charge < -0.3 is 4.74 Å². The molecule has 0 radical (unpaired) electrons. The van der Waals surface area contributed by atoms with Crippen molar-refractivity contribution in [3.63, 3.8) is 0 Å². The largest absolute Gasteiger partial charge is 0.357 e. The van der Waals surface area contributed by atoms with Gasteiger partial charge in [0, 0.05) is 14.2 Å². The SMILES string of the molecule is COCON(C)S(C)(=O)=O. The highest BCUT2D eigenvalue weighted by atomic mass is 32.2. The number of hydroxylamine groups is 1. The highest BCUT2D eigenvalue weighted by Crippen LogP contribution is 1.92. The van der Waals surface area contributed by atoms with Gasteiger partial charge in [-0.15, -0.1) is 0 Å². The van der Waals surface area contributed by atoms with E-state index in [1.807, 2.05) is 0 Å². The zero-order valence-electron chi connectivity index (χ0n) is 6.20. The molecule has 10 heavy (non-hydrogen) atoms. The van der Waals surface area contributed by atoms with Crippen molar-refractivity contribution in [2.75, 3.05) is 27.2 Å². The zero-order chi connectivity index (χ0) is 8.20. The number of methoxy groups -OCH3 is 1. The van der Waals surface area contributed by atoms with Gasteiger partial charge in [0.05, 0.1) is 6.26 Å². The summed E-state index contributed by atoms with van der Waals surface area (Å²) < 4.78 is 26.4. The van der Waals surface area contributed by atoms with Gasteiger partial charge in [0.1, 0.15) is 0 Å². The molecule has 0 spiro atoms. The van der Waals surface area contributed by atoms with E-state index in [4.69, 9.17) is 0 Å². The molecular formula is C4H11NO4S. The third-order valence-electron chi connectivity index (χ3n) is 0.819. The first-order valence-corrected chi connectivity index (χ1v) is 4.39. The molecule has 0 unspecified atom stereocenters. The van der Waals surface area contributed by atoms with Crippen molar-refractivity contribution in [2.45, 2.75) is 0 Å². The van der Waals surface area contributed by atoms with Gasteiger partial charge in [0.15, 0.2) is 6.79 Å². The molecular weight excluding hydrogens is 158 g/mol. The van der Waals surface area contributed by atoms with Crippen molar-refractivity contribution in [1.29, 1.82) is 0 Å². The van der Waals surface area contributed by atoms with Crippen LogP contribution >= 0.6 is 0 Å². The monoisotopic (exact) mass is 169 g/mol. The molecule has 0 saturated heterocycles. The van der Waals surface area contributed by atoms with E-state index >= 15 is 0 Å². The summed E-state index contributed by atoms with van der Waals surface area (Å²) in [5, 5.41) is 0. The maximum atomic E-state index is 10.6. The first-order valence-electron chi connectivity index (χ1n) is 2.54. The number of rotatable bonds is 4. The molecule has 0 heterocycles. The fourth-order valence-electron chi connectivity index (χ4n) is 0.223. The summed E-state index contributed by atoms with van der Waals surface area (Å²) in [6, 6.07) is 0. The number of nitrogens with zero attached hydrogens (tertiary/aromatic N) is 1. The van der Waals surface area contributed by atoms with Crippen LogP contribution in [0.3, 0.4) is 0 Å². The Morgan fingerprint density at radius 3 is 2.30 bits per heavy atom. The fraction of sp³-hybridized carbons (Fsp3) is 1.00. The van der Waals surface area contributed by atoms with Crippen LogP contribution in [0.4, 0.5) is 0 Å². The van der Waals surface area contributed by atoms with E-state index in [1.165, 1.54) is 14.2 Å². The molecule has 5 nitrogen and oxygen atoms in total. The van der Waals surface area contributed by atoms with Crippen LogP contribution in [0.5, 0.6) is 0 Å². The molecule has 6 heteroatoms. The summed E-state index contributed by atoms with van der Waals surface area (Å²) >= 11 is 0. The van der Waals surface area contributed by atoms with E-state index in [2.05, 4.69) is 9.57 Å². The van der Waals surface area contributed by atoms with Gasteiger partial charge in [-0.25, -0.2) is 8.42 Å². The maximum absolute atomic E-state index is 10.6. The molecule has 0 rings (SSSR count). The topological polar surface area (TPSA) is 55.8 Å². The van der Waals surface area contributed by atoms with Gasteiger partial charge in [-0.1, -0.05) is 4.47 Å². The lowest BCUT2D eigenvalue weighted by Crippen LogP contribution is -2.26. The number of sulfonamides is 1. The zero-order valence-corrected chi connectivity index (χ0v) is 7.01. The van der Waals surface area contributed by atoms with Gasteiger partial charge in [-0.3, -0.25) is 4.84 Å². The molecule has 0 bridgehead atoms. The molecule has 0 amide bonds. The lowest BCUT2D eigenvalue weighted by molar-refractivity contribution is -0.150. The van der Waals surface area contributed by atoms with Crippen LogP contribution in [0, 0.1) is 0 Å². The summed E-state index contributed by atoms with van der Waals surface area (Å²) in [5.41, 5.74) is 0. The molecule has 0 aliphatic rings. The molecule has 0 aliphatic carbocycles. The Labute approximate surface area is 60.5 Å². The molecule has 0 aliphatic heterocycles. The Bertz CT molecular complexity index is 176. The highest BCUT2D eigenvalue weighted by Gasteiger charge is 2.09. The summed E-state index contributed by atoms with van der Waals surface area (Å²) in [5.74, 6) is 0. The minimum Gasteiger partial charge on any atom is -0.357 e. The second kappa shape index (κ2) is 3.87. The van der Waals surface area contributed by atoms with Crippen LogP contribution < -0.4 is 0 Å². The molecule has 0 aromatic carbocycles. The maximum Gasteiger partial charge on any atom is 0.232 e. The Morgan fingerprint density at radius 1 is 1.50 bits per heavy atom. The average molecular weight is 169 g/mol. The summed E-state index contributed by atoms with van der Waals surface area (Å²) in [4.78, 5) is 4.58. The lowest BCUT2D eigenvalue weighted by atomic mass is 11.4. The lowest BCUT2D eigenvalue weighted by Gasteiger charge is -2.12. The summed E-state index contributed by atoms with van der Waals surface area (Å²) in [6.45, 7) is -0.0659. The van der Waals surface area contributed by atoms with Crippen LogP contribution in [0.25, 0.3) is 0 Å². The van der Waals surface area contributed by atoms with E-state index in [0.717, 1.165) is 10.7 Å². The second-order valence-corrected chi connectivity index (χ2v) is 3.69. The normalized spacial score (nSPS) is 12.4. The van der Waals surface area contributed by atoms with Crippen molar-refractivity contribution < 1.29 is 18.0 Å². The Morgan fingerprint density at radius 2 is 2.00 bits per heavy atom. The van der Waals surface area contributed by atoms with Gasteiger partial charge in [-0.05, 0) is 0 Å². The van der Waals surface area contributed by atoms with Crippen molar-refractivity contribution in [3.8, 4) is 0 Å². The molecule has 0 saturated carbocycles.